The third-order valence-electron chi connectivity index (χ3n) is 3.42. The van der Waals surface area contributed by atoms with Crippen LogP contribution in [0.15, 0.2) is 18.2 Å². The summed E-state index contributed by atoms with van der Waals surface area (Å²) in [4.78, 5) is 36.0. The summed E-state index contributed by atoms with van der Waals surface area (Å²) in [6.45, 7) is 2.04. The molecule has 5 nitrogen and oxygen atoms in total. The van der Waals surface area contributed by atoms with Crippen LogP contribution in [0.2, 0.25) is 0 Å². The first kappa shape index (κ1) is 14.2. The number of methoxy groups -OCH3 is 1. The number of likely N-dealkylation sites (tertiary alicyclic amines) is 1. The first-order chi connectivity index (χ1) is 9.55. The van der Waals surface area contributed by atoms with Crippen LogP contribution in [0.4, 0.5) is 0 Å². The fourth-order valence-corrected chi connectivity index (χ4v) is 2.37. The summed E-state index contributed by atoms with van der Waals surface area (Å²) in [5.41, 5.74) is 1.15. The summed E-state index contributed by atoms with van der Waals surface area (Å²) in [5, 5.41) is 0. The maximum atomic E-state index is 12.0. The van der Waals surface area contributed by atoms with Crippen LogP contribution >= 0.6 is 0 Å². The van der Waals surface area contributed by atoms with E-state index in [1.54, 1.807) is 18.2 Å². The van der Waals surface area contributed by atoms with Crippen LogP contribution in [0.1, 0.15) is 35.7 Å². The van der Waals surface area contributed by atoms with Crippen molar-refractivity contribution in [2.45, 2.75) is 26.3 Å². The fourth-order valence-electron chi connectivity index (χ4n) is 2.37. The van der Waals surface area contributed by atoms with E-state index in [0.717, 1.165) is 6.29 Å². The van der Waals surface area contributed by atoms with Crippen molar-refractivity contribution >= 4 is 18.1 Å². The molecule has 106 valence electrons. The largest absolute Gasteiger partial charge is 0.496 e. The second kappa shape index (κ2) is 5.86. The molecule has 1 aliphatic rings. The minimum atomic E-state index is -0.174. The highest BCUT2D eigenvalue weighted by Gasteiger charge is 2.30. The predicted molar refractivity (Wildman–Crippen MR) is 72.3 cm³/mol. The molecule has 0 aliphatic carbocycles. The van der Waals surface area contributed by atoms with Crippen LogP contribution in [0, 0.1) is 5.92 Å². The molecular formula is C15H17NO4. The Balaban J connectivity index is 2.26. The van der Waals surface area contributed by atoms with E-state index >= 15 is 0 Å². The first-order valence-electron chi connectivity index (χ1n) is 6.50. The molecule has 0 aromatic heterocycles. The van der Waals surface area contributed by atoms with E-state index in [1.165, 1.54) is 12.0 Å². The number of carbonyl (C=O) groups is 3. The Morgan fingerprint density at radius 2 is 1.95 bits per heavy atom. The Hall–Kier alpha value is -2.17. The molecule has 0 atom stereocenters. The molecule has 0 radical (unpaired) electrons. The molecule has 1 fully saturated rings. The minimum Gasteiger partial charge on any atom is -0.496 e. The van der Waals surface area contributed by atoms with Crippen molar-refractivity contribution in [3.05, 3.63) is 29.3 Å². The van der Waals surface area contributed by atoms with Crippen molar-refractivity contribution in [3.8, 4) is 5.75 Å². The van der Waals surface area contributed by atoms with Crippen molar-refractivity contribution < 1.29 is 19.1 Å². The van der Waals surface area contributed by atoms with Gasteiger partial charge in [-0.1, -0.05) is 6.92 Å². The van der Waals surface area contributed by atoms with Gasteiger partial charge in [-0.25, -0.2) is 0 Å². The number of hydrogen-bond acceptors (Lipinski definition) is 4. The number of imide groups is 1. The lowest BCUT2D eigenvalue weighted by molar-refractivity contribution is -0.150. The summed E-state index contributed by atoms with van der Waals surface area (Å²) >= 11 is 0. The van der Waals surface area contributed by atoms with Crippen LogP contribution in [0.5, 0.6) is 5.75 Å². The van der Waals surface area contributed by atoms with Gasteiger partial charge in [0.15, 0.2) is 0 Å². The third-order valence-corrected chi connectivity index (χ3v) is 3.42. The molecule has 0 spiro atoms. The second-order valence-corrected chi connectivity index (χ2v) is 5.08. The van der Waals surface area contributed by atoms with Gasteiger partial charge in [0.05, 0.1) is 13.7 Å². The van der Waals surface area contributed by atoms with E-state index in [2.05, 4.69) is 0 Å². The van der Waals surface area contributed by atoms with Crippen LogP contribution < -0.4 is 4.74 Å². The molecule has 20 heavy (non-hydrogen) atoms. The van der Waals surface area contributed by atoms with Gasteiger partial charge in [0.25, 0.3) is 0 Å². The highest BCUT2D eigenvalue weighted by molar-refractivity contribution is 5.97. The molecule has 0 unspecified atom stereocenters. The van der Waals surface area contributed by atoms with E-state index < -0.39 is 0 Å². The van der Waals surface area contributed by atoms with E-state index in [0.29, 0.717) is 29.7 Å². The van der Waals surface area contributed by atoms with Crippen molar-refractivity contribution in [2.75, 3.05) is 7.11 Å². The number of amides is 2. The highest BCUT2D eigenvalue weighted by atomic mass is 16.5. The SMILES string of the molecule is COc1ccc(C=O)cc1CN1C(=O)CC(C)CC1=O. The van der Waals surface area contributed by atoms with Crippen LogP contribution in [-0.2, 0) is 16.1 Å². The number of hydrogen-bond donors (Lipinski definition) is 0. The van der Waals surface area contributed by atoms with Gasteiger partial charge in [-0.15, -0.1) is 0 Å². The lowest BCUT2D eigenvalue weighted by Gasteiger charge is -2.28. The number of piperidine rings is 1. The molecule has 1 heterocycles. The number of benzene rings is 1. The van der Waals surface area contributed by atoms with E-state index in [-0.39, 0.29) is 24.3 Å². The molecule has 2 rings (SSSR count). The number of nitrogens with zero attached hydrogens (tertiary/aromatic N) is 1. The smallest absolute Gasteiger partial charge is 0.229 e. The highest BCUT2D eigenvalue weighted by Crippen LogP contribution is 2.25. The topological polar surface area (TPSA) is 63.7 Å². The summed E-state index contributed by atoms with van der Waals surface area (Å²) in [6, 6.07) is 4.95. The lowest BCUT2D eigenvalue weighted by Crippen LogP contribution is -2.42. The molecule has 5 heteroatoms. The summed E-state index contributed by atoms with van der Waals surface area (Å²) in [5.74, 6) is 0.309. The zero-order chi connectivity index (χ0) is 14.7. The summed E-state index contributed by atoms with van der Waals surface area (Å²) in [7, 11) is 1.52. The minimum absolute atomic E-state index is 0.0921. The van der Waals surface area contributed by atoms with Crippen LogP contribution in [-0.4, -0.2) is 30.1 Å². The Kier molecular flexibility index (Phi) is 4.17. The van der Waals surface area contributed by atoms with Crippen LogP contribution in [0.25, 0.3) is 0 Å². The molecule has 1 aromatic rings. The fraction of sp³-hybridized carbons (Fsp3) is 0.400. The molecule has 0 bridgehead atoms. The van der Waals surface area contributed by atoms with Crippen molar-refractivity contribution in [1.29, 1.82) is 0 Å². The van der Waals surface area contributed by atoms with Gasteiger partial charge in [0, 0.05) is 24.0 Å². The zero-order valence-corrected chi connectivity index (χ0v) is 11.6. The van der Waals surface area contributed by atoms with E-state index in [9.17, 15) is 14.4 Å². The normalized spacial score (nSPS) is 16.4. The standard InChI is InChI=1S/C15H17NO4/c1-10-5-14(18)16(15(19)6-10)8-12-7-11(9-17)3-4-13(12)20-2/h3-4,7,9-10H,5-6,8H2,1-2H3. The number of ether oxygens (including phenoxy) is 1. The Morgan fingerprint density at radius 3 is 2.50 bits per heavy atom. The maximum Gasteiger partial charge on any atom is 0.229 e. The third kappa shape index (κ3) is 2.87. The van der Waals surface area contributed by atoms with E-state index in [1.807, 2.05) is 6.92 Å². The van der Waals surface area contributed by atoms with Crippen molar-refractivity contribution in [1.82, 2.24) is 4.90 Å². The summed E-state index contributed by atoms with van der Waals surface area (Å²) in [6.07, 6.45) is 1.48. The number of carbonyl (C=O) groups excluding carboxylic acids is 3. The van der Waals surface area contributed by atoms with Gasteiger partial charge in [0.2, 0.25) is 11.8 Å². The Bertz CT molecular complexity index is 535. The van der Waals surface area contributed by atoms with Crippen molar-refractivity contribution in [2.24, 2.45) is 5.92 Å². The Labute approximate surface area is 117 Å². The summed E-state index contributed by atoms with van der Waals surface area (Å²) < 4.78 is 5.21. The number of aldehydes is 1. The van der Waals surface area contributed by atoms with Gasteiger partial charge in [-0.2, -0.15) is 0 Å². The zero-order valence-electron chi connectivity index (χ0n) is 11.6. The lowest BCUT2D eigenvalue weighted by atomic mass is 9.97. The number of rotatable bonds is 4. The molecule has 0 N–H and O–H groups in total. The van der Waals surface area contributed by atoms with Gasteiger partial charge in [0.1, 0.15) is 12.0 Å². The molecule has 2 amide bonds. The average molecular weight is 275 g/mol. The Morgan fingerprint density at radius 1 is 1.30 bits per heavy atom. The predicted octanol–water partition coefficient (Wildman–Crippen LogP) is 1.79. The second-order valence-electron chi connectivity index (χ2n) is 5.08. The molecular weight excluding hydrogens is 258 g/mol. The molecule has 0 saturated carbocycles. The molecule has 1 saturated heterocycles. The molecule has 1 aliphatic heterocycles. The van der Waals surface area contributed by atoms with E-state index in [4.69, 9.17) is 4.74 Å². The first-order valence-corrected chi connectivity index (χ1v) is 6.50. The monoisotopic (exact) mass is 275 g/mol. The van der Waals surface area contributed by atoms with Crippen molar-refractivity contribution in [3.63, 3.8) is 0 Å². The van der Waals surface area contributed by atoms with Gasteiger partial charge in [-0.05, 0) is 24.1 Å². The van der Waals surface area contributed by atoms with Gasteiger partial charge in [-0.3, -0.25) is 19.3 Å². The maximum absolute atomic E-state index is 12.0. The molecule has 1 aromatic carbocycles. The van der Waals surface area contributed by atoms with Gasteiger partial charge >= 0.3 is 0 Å². The average Bonchev–Trinajstić information content (AvgIpc) is 2.42. The van der Waals surface area contributed by atoms with Gasteiger partial charge < -0.3 is 4.74 Å². The van der Waals surface area contributed by atoms with Crippen LogP contribution in [0.3, 0.4) is 0 Å². The quantitative estimate of drug-likeness (QED) is 0.621.